The third kappa shape index (κ3) is 2.63. The number of methoxy groups -OCH3 is 1. The highest BCUT2D eigenvalue weighted by molar-refractivity contribution is 6.31. The van der Waals surface area contributed by atoms with Gasteiger partial charge < -0.3 is 15.2 Å². The molecular formula is C14H20ClNO2. The molecule has 0 saturated carbocycles. The van der Waals surface area contributed by atoms with Crippen LogP contribution in [-0.2, 0) is 10.2 Å². The smallest absolute Gasteiger partial charge is 0.120 e. The van der Waals surface area contributed by atoms with Crippen molar-refractivity contribution in [2.75, 3.05) is 20.3 Å². The lowest BCUT2D eigenvalue weighted by molar-refractivity contribution is -0.0656. The van der Waals surface area contributed by atoms with Gasteiger partial charge in [0.05, 0.1) is 20.3 Å². The quantitative estimate of drug-likeness (QED) is 0.894. The molecule has 18 heavy (non-hydrogen) atoms. The minimum Gasteiger partial charge on any atom is -0.497 e. The van der Waals surface area contributed by atoms with Gasteiger partial charge in [0.25, 0.3) is 0 Å². The Balaban J connectivity index is 2.21. The van der Waals surface area contributed by atoms with Gasteiger partial charge in [0.15, 0.2) is 0 Å². The Kier molecular flexibility index (Phi) is 4.15. The van der Waals surface area contributed by atoms with Crippen LogP contribution in [0, 0.1) is 0 Å². The van der Waals surface area contributed by atoms with Crippen molar-refractivity contribution in [1.29, 1.82) is 0 Å². The summed E-state index contributed by atoms with van der Waals surface area (Å²) in [4.78, 5) is 0. The fourth-order valence-corrected chi connectivity index (χ4v) is 2.71. The lowest BCUT2D eigenvalue weighted by atomic mass is 9.74. The molecule has 100 valence electrons. The summed E-state index contributed by atoms with van der Waals surface area (Å²) in [6.07, 6.45) is 1.99. The molecule has 1 heterocycles. The molecule has 1 aromatic carbocycles. The normalized spacial score (nSPS) is 19.1. The van der Waals surface area contributed by atoms with E-state index in [9.17, 15) is 0 Å². The first-order valence-corrected chi connectivity index (χ1v) is 6.62. The Morgan fingerprint density at radius 3 is 2.67 bits per heavy atom. The molecule has 1 saturated heterocycles. The zero-order valence-electron chi connectivity index (χ0n) is 10.9. The molecule has 0 aliphatic carbocycles. The third-order valence-electron chi connectivity index (χ3n) is 3.58. The van der Waals surface area contributed by atoms with Crippen LogP contribution in [0.4, 0.5) is 0 Å². The maximum Gasteiger partial charge on any atom is 0.120 e. The summed E-state index contributed by atoms with van der Waals surface area (Å²) in [5.41, 5.74) is 7.03. The van der Waals surface area contributed by atoms with E-state index in [-0.39, 0.29) is 11.5 Å². The van der Waals surface area contributed by atoms with Gasteiger partial charge in [0, 0.05) is 16.5 Å². The van der Waals surface area contributed by atoms with Gasteiger partial charge in [-0.1, -0.05) is 17.7 Å². The standard InChI is InChI=1S/C14H20ClNO2/c1-10(16)5-6-14(8-18-9-14)12-4-3-11(17-2)7-13(12)15/h3-4,7,10H,5-6,8-9,16H2,1-2H3. The van der Waals surface area contributed by atoms with E-state index in [1.165, 1.54) is 0 Å². The van der Waals surface area contributed by atoms with Crippen molar-refractivity contribution in [3.63, 3.8) is 0 Å². The van der Waals surface area contributed by atoms with Crippen LogP contribution in [0.3, 0.4) is 0 Å². The maximum absolute atomic E-state index is 6.35. The van der Waals surface area contributed by atoms with Crippen LogP contribution in [0.2, 0.25) is 5.02 Å². The summed E-state index contributed by atoms with van der Waals surface area (Å²) in [5, 5.41) is 0.752. The van der Waals surface area contributed by atoms with Gasteiger partial charge in [-0.3, -0.25) is 0 Å². The van der Waals surface area contributed by atoms with E-state index in [0.29, 0.717) is 0 Å². The number of hydrogen-bond donors (Lipinski definition) is 1. The van der Waals surface area contributed by atoms with Gasteiger partial charge in [-0.15, -0.1) is 0 Å². The average molecular weight is 270 g/mol. The van der Waals surface area contributed by atoms with Crippen molar-refractivity contribution in [2.24, 2.45) is 5.73 Å². The van der Waals surface area contributed by atoms with Gasteiger partial charge in [0.1, 0.15) is 5.75 Å². The lowest BCUT2D eigenvalue weighted by Crippen LogP contribution is -2.47. The zero-order valence-corrected chi connectivity index (χ0v) is 11.7. The summed E-state index contributed by atoms with van der Waals surface area (Å²) in [6.45, 7) is 3.49. The molecule has 1 fully saturated rings. The minimum atomic E-state index is 0.0387. The summed E-state index contributed by atoms with van der Waals surface area (Å²) in [6, 6.07) is 6.07. The van der Waals surface area contributed by atoms with Crippen molar-refractivity contribution < 1.29 is 9.47 Å². The molecule has 1 aliphatic heterocycles. The Morgan fingerprint density at radius 2 is 2.22 bits per heavy atom. The van der Waals surface area contributed by atoms with Crippen molar-refractivity contribution in [2.45, 2.75) is 31.2 Å². The molecule has 1 aliphatic rings. The first-order chi connectivity index (χ1) is 8.57. The van der Waals surface area contributed by atoms with Crippen LogP contribution >= 0.6 is 11.6 Å². The second-order valence-electron chi connectivity index (χ2n) is 5.13. The molecule has 2 rings (SSSR count). The van der Waals surface area contributed by atoms with Crippen LogP contribution in [0.15, 0.2) is 18.2 Å². The number of rotatable bonds is 5. The summed E-state index contributed by atoms with van der Waals surface area (Å²) >= 11 is 6.35. The highest BCUT2D eigenvalue weighted by Crippen LogP contribution is 2.41. The highest BCUT2D eigenvalue weighted by atomic mass is 35.5. The molecule has 1 aromatic rings. The van der Waals surface area contributed by atoms with Crippen molar-refractivity contribution >= 4 is 11.6 Å². The Labute approximate surface area is 113 Å². The number of nitrogens with two attached hydrogens (primary N) is 1. The second-order valence-corrected chi connectivity index (χ2v) is 5.54. The molecule has 0 amide bonds. The second kappa shape index (κ2) is 5.47. The molecular weight excluding hydrogens is 250 g/mol. The average Bonchev–Trinajstić information content (AvgIpc) is 2.29. The van der Waals surface area contributed by atoms with E-state index in [1.54, 1.807) is 7.11 Å². The van der Waals surface area contributed by atoms with Crippen LogP contribution < -0.4 is 10.5 Å². The number of benzene rings is 1. The SMILES string of the molecule is COc1ccc(C2(CCC(C)N)COC2)c(Cl)c1. The van der Waals surface area contributed by atoms with Crippen LogP contribution in [0.5, 0.6) is 5.75 Å². The van der Waals surface area contributed by atoms with E-state index in [0.717, 1.165) is 42.4 Å². The number of ether oxygens (including phenoxy) is 2. The van der Waals surface area contributed by atoms with Crippen LogP contribution in [0.1, 0.15) is 25.3 Å². The maximum atomic E-state index is 6.35. The van der Waals surface area contributed by atoms with Crippen molar-refractivity contribution in [3.8, 4) is 5.75 Å². The fraction of sp³-hybridized carbons (Fsp3) is 0.571. The van der Waals surface area contributed by atoms with E-state index < -0.39 is 0 Å². The van der Waals surface area contributed by atoms with Gasteiger partial charge in [-0.25, -0.2) is 0 Å². The predicted molar refractivity (Wildman–Crippen MR) is 73.4 cm³/mol. The number of hydrogen-bond acceptors (Lipinski definition) is 3. The number of halogens is 1. The zero-order chi connectivity index (χ0) is 13.2. The molecule has 4 heteroatoms. The van der Waals surface area contributed by atoms with Gasteiger partial charge in [0.2, 0.25) is 0 Å². The minimum absolute atomic E-state index is 0.0387. The van der Waals surface area contributed by atoms with E-state index in [4.69, 9.17) is 26.8 Å². The molecule has 2 N–H and O–H groups in total. The van der Waals surface area contributed by atoms with E-state index in [1.807, 2.05) is 25.1 Å². The summed E-state index contributed by atoms with van der Waals surface area (Å²) < 4.78 is 10.6. The molecule has 0 spiro atoms. The van der Waals surface area contributed by atoms with Gasteiger partial charge in [-0.2, -0.15) is 0 Å². The largest absolute Gasteiger partial charge is 0.497 e. The molecule has 1 unspecified atom stereocenters. The first-order valence-electron chi connectivity index (χ1n) is 6.25. The molecule has 0 aromatic heterocycles. The fourth-order valence-electron chi connectivity index (χ4n) is 2.34. The van der Waals surface area contributed by atoms with E-state index in [2.05, 4.69) is 0 Å². The lowest BCUT2D eigenvalue weighted by Gasteiger charge is -2.43. The van der Waals surface area contributed by atoms with Gasteiger partial charge in [-0.05, 0) is 37.5 Å². The Morgan fingerprint density at radius 1 is 1.50 bits per heavy atom. The van der Waals surface area contributed by atoms with Crippen molar-refractivity contribution in [3.05, 3.63) is 28.8 Å². The molecule has 0 bridgehead atoms. The van der Waals surface area contributed by atoms with Crippen molar-refractivity contribution in [1.82, 2.24) is 0 Å². The molecule has 1 atom stereocenters. The monoisotopic (exact) mass is 269 g/mol. The topological polar surface area (TPSA) is 44.5 Å². The third-order valence-corrected chi connectivity index (χ3v) is 3.90. The summed E-state index contributed by atoms with van der Waals surface area (Å²) in [5.74, 6) is 0.784. The Bertz CT molecular complexity index is 416. The highest BCUT2D eigenvalue weighted by Gasteiger charge is 2.41. The van der Waals surface area contributed by atoms with E-state index >= 15 is 0 Å². The molecule has 0 radical (unpaired) electrons. The van der Waals surface area contributed by atoms with Crippen LogP contribution in [0.25, 0.3) is 0 Å². The first kappa shape index (κ1) is 13.7. The molecule has 3 nitrogen and oxygen atoms in total. The van der Waals surface area contributed by atoms with Crippen LogP contribution in [-0.4, -0.2) is 26.4 Å². The predicted octanol–water partition coefficient (Wildman–Crippen LogP) is 2.74. The Hall–Kier alpha value is -0.770. The van der Waals surface area contributed by atoms with Gasteiger partial charge >= 0.3 is 0 Å². The summed E-state index contributed by atoms with van der Waals surface area (Å²) in [7, 11) is 1.64.